The first-order valence-corrected chi connectivity index (χ1v) is 9.40. The molecule has 0 saturated heterocycles. The molecule has 0 unspecified atom stereocenters. The van der Waals surface area contributed by atoms with Crippen LogP contribution in [-0.2, 0) is 4.79 Å². The Labute approximate surface area is 157 Å². The predicted molar refractivity (Wildman–Crippen MR) is 104 cm³/mol. The van der Waals surface area contributed by atoms with Gasteiger partial charge >= 0.3 is 0 Å². The molecule has 2 aromatic carbocycles. The standard InChI is InChI=1S/C20H21N3O2S/c1-4-23(17-11-6-5-7-12-17)19(24)15(3)26-20-22-21-18(25-20)16-10-8-9-14(2)13-16/h5-13,15H,4H2,1-3H3/t15-/m1/s1. The SMILES string of the molecule is CCN(C(=O)[C@@H](C)Sc1nnc(-c2cccc(C)c2)o1)c1ccccc1. The van der Waals surface area contributed by atoms with Gasteiger partial charge in [-0.25, -0.2) is 0 Å². The molecular weight excluding hydrogens is 346 g/mol. The van der Waals surface area contributed by atoms with Gasteiger partial charge in [-0.05, 0) is 45.0 Å². The smallest absolute Gasteiger partial charge is 0.277 e. The highest BCUT2D eigenvalue weighted by Crippen LogP contribution is 2.28. The number of aryl methyl sites for hydroxylation is 1. The highest BCUT2D eigenvalue weighted by molar-refractivity contribution is 8.00. The van der Waals surface area contributed by atoms with Gasteiger partial charge in [-0.1, -0.05) is 47.7 Å². The number of rotatable bonds is 6. The molecule has 0 aliphatic rings. The lowest BCUT2D eigenvalue weighted by atomic mass is 10.1. The van der Waals surface area contributed by atoms with Crippen LogP contribution in [0.1, 0.15) is 19.4 Å². The monoisotopic (exact) mass is 367 g/mol. The van der Waals surface area contributed by atoms with E-state index >= 15 is 0 Å². The normalized spacial score (nSPS) is 12.0. The highest BCUT2D eigenvalue weighted by Gasteiger charge is 2.24. The van der Waals surface area contributed by atoms with E-state index in [1.165, 1.54) is 11.8 Å². The molecular formula is C20H21N3O2S. The van der Waals surface area contributed by atoms with Crippen molar-refractivity contribution >= 4 is 23.4 Å². The van der Waals surface area contributed by atoms with Crippen LogP contribution in [0.25, 0.3) is 11.5 Å². The summed E-state index contributed by atoms with van der Waals surface area (Å²) in [5, 5.41) is 8.24. The van der Waals surface area contributed by atoms with E-state index in [-0.39, 0.29) is 11.2 Å². The van der Waals surface area contributed by atoms with Gasteiger partial charge in [-0.2, -0.15) is 0 Å². The van der Waals surface area contributed by atoms with Gasteiger partial charge in [-0.15, -0.1) is 10.2 Å². The molecule has 3 aromatic rings. The third-order valence-corrected chi connectivity index (χ3v) is 4.87. The van der Waals surface area contributed by atoms with E-state index in [1.54, 1.807) is 4.90 Å². The minimum atomic E-state index is -0.332. The second-order valence-electron chi connectivity index (χ2n) is 5.92. The molecule has 26 heavy (non-hydrogen) atoms. The van der Waals surface area contributed by atoms with Gasteiger partial charge in [-0.3, -0.25) is 4.79 Å². The molecule has 5 nitrogen and oxygen atoms in total. The first-order chi connectivity index (χ1) is 12.6. The Morgan fingerprint density at radius 2 is 1.92 bits per heavy atom. The summed E-state index contributed by atoms with van der Waals surface area (Å²) < 4.78 is 5.73. The molecule has 0 aliphatic carbocycles. The molecule has 134 valence electrons. The maximum Gasteiger partial charge on any atom is 0.277 e. The minimum absolute atomic E-state index is 0.0130. The van der Waals surface area contributed by atoms with Crippen LogP contribution < -0.4 is 4.90 Å². The fourth-order valence-corrected chi connectivity index (χ4v) is 3.39. The maximum absolute atomic E-state index is 12.8. The van der Waals surface area contributed by atoms with Crippen LogP contribution in [0.15, 0.2) is 64.2 Å². The van der Waals surface area contributed by atoms with Gasteiger partial charge in [0.25, 0.3) is 5.22 Å². The van der Waals surface area contributed by atoms with Crippen molar-refractivity contribution < 1.29 is 9.21 Å². The van der Waals surface area contributed by atoms with Gasteiger partial charge in [0.2, 0.25) is 11.8 Å². The zero-order valence-electron chi connectivity index (χ0n) is 15.0. The van der Waals surface area contributed by atoms with E-state index in [0.29, 0.717) is 17.7 Å². The summed E-state index contributed by atoms with van der Waals surface area (Å²) in [5.41, 5.74) is 2.89. The van der Waals surface area contributed by atoms with Crippen LogP contribution in [0.4, 0.5) is 5.69 Å². The third kappa shape index (κ3) is 4.14. The van der Waals surface area contributed by atoms with Crippen LogP contribution in [0.2, 0.25) is 0 Å². The first kappa shape index (κ1) is 18.2. The number of benzene rings is 2. The van der Waals surface area contributed by atoms with Gasteiger partial charge < -0.3 is 9.32 Å². The summed E-state index contributed by atoms with van der Waals surface area (Å²) in [5.74, 6) is 0.477. The molecule has 0 spiro atoms. The Morgan fingerprint density at radius 3 is 2.62 bits per heavy atom. The Hall–Kier alpha value is -2.60. The molecule has 1 heterocycles. The summed E-state index contributed by atoms with van der Waals surface area (Å²) in [6.07, 6.45) is 0. The molecule has 0 N–H and O–H groups in total. The van der Waals surface area contributed by atoms with Crippen molar-refractivity contribution in [2.24, 2.45) is 0 Å². The van der Waals surface area contributed by atoms with E-state index in [4.69, 9.17) is 4.42 Å². The van der Waals surface area contributed by atoms with Crippen molar-refractivity contribution in [3.8, 4) is 11.5 Å². The molecule has 1 amide bonds. The Morgan fingerprint density at radius 1 is 1.15 bits per heavy atom. The fraction of sp³-hybridized carbons (Fsp3) is 0.250. The minimum Gasteiger partial charge on any atom is -0.411 e. The summed E-state index contributed by atoms with van der Waals surface area (Å²) >= 11 is 1.28. The quantitative estimate of drug-likeness (QED) is 0.597. The van der Waals surface area contributed by atoms with Crippen LogP contribution in [-0.4, -0.2) is 27.9 Å². The number of carbonyl (C=O) groups excluding carboxylic acids is 1. The Balaban J connectivity index is 1.71. The Kier molecular flexibility index (Phi) is 5.73. The van der Waals surface area contributed by atoms with Gasteiger partial charge in [0.15, 0.2) is 0 Å². The predicted octanol–water partition coefficient (Wildman–Crippen LogP) is 4.58. The number of carbonyl (C=O) groups is 1. The number of aromatic nitrogens is 2. The van der Waals surface area contributed by atoms with Crippen molar-refractivity contribution in [1.82, 2.24) is 10.2 Å². The van der Waals surface area contributed by atoms with E-state index in [9.17, 15) is 4.79 Å². The van der Waals surface area contributed by atoms with E-state index in [2.05, 4.69) is 10.2 Å². The zero-order chi connectivity index (χ0) is 18.5. The summed E-state index contributed by atoms with van der Waals surface area (Å²) in [6.45, 7) is 6.44. The molecule has 1 atom stereocenters. The summed E-state index contributed by atoms with van der Waals surface area (Å²) in [6, 6.07) is 17.5. The molecule has 0 fully saturated rings. The van der Waals surface area contributed by atoms with Gasteiger partial charge in [0, 0.05) is 17.8 Å². The summed E-state index contributed by atoms with van der Waals surface area (Å²) in [4.78, 5) is 14.6. The molecule has 0 bridgehead atoms. The highest BCUT2D eigenvalue weighted by atomic mass is 32.2. The van der Waals surface area contributed by atoms with Crippen molar-refractivity contribution in [3.63, 3.8) is 0 Å². The topological polar surface area (TPSA) is 59.2 Å². The number of anilines is 1. The van der Waals surface area contributed by atoms with Gasteiger partial charge in [0.1, 0.15) is 0 Å². The average Bonchev–Trinajstić information content (AvgIpc) is 3.11. The van der Waals surface area contributed by atoms with Crippen LogP contribution in [0.5, 0.6) is 0 Å². The maximum atomic E-state index is 12.8. The molecule has 1 aromatic heterocycles. The number of hydrogen-bond acceptors (Lipinski definition) is 5. The lowest BCUT2D eigenvalue weighted by Gasteiger charge is -2.23. The van der Waals surface area contributed by atoms with Crippen LogP contribution >= 0.6 is 11.8 Å². The van der Waals surface area contributed by atoms with Crippen molar-refractivity contribution in [2.45, 2.75) is 31.2 Å². The molecule has 0 aliphatic heterocycles. The molecule has 6 heteroatoms. The van der Waals surface area contributed by atoms with E-state index < -0.39 is 0 Å². The summed E-state index contributed by atoms with van der Waals surface area (Å²) in [7, 11) is 0. The average molecular weight is 367 g/mol. The van der Waals surface area contributed by atoms with E-state index in [0.717, 1.165) is 16.8 Å². The first-order valence-electron chi connectivity index (χ1n) is 8.52. The fourth-order valence-electron chi connectivity index (χ4n) is 2.65. The Bertz CT molecular complexity index is 880. The number of para-hydroxylation sites is 1. The molecule has 0 radical (unpaired) electrons. The van der Waals surface area contributed by atoms with Crippen molar-refractivity contribution in [2.75, 3.05) is 11.4 Å². The second kappa shape index (κ2) is 8.19. The lowest BCUT2D eigenvalue weighted by Crippen LogP contribution is -2.36. The number of hydrogen-bond donors (Lipinski definition) is 0. The van der Waals surface area contributed by atoms with Gasteiger partial charge in [0.05, 0.1) is 5.25 Å². The lowest BCUT2D eigenvalue weighted by molar-refractivity contribution is -0.117. The number of nitrogens with zero attached hydrogens (tertiary/aromatic N) is 3. The van der Waals surface area contributed by atoms with Crippen LogP contribution in [0.3, 0.4) is 0 Å². The number of amides is 1. The third-order valence-electron chi connectivity index (χ3n) is 3.95. The molecule has 3 rings (SSSR count). The van der Waals surface area contributed by atoms with Crippen molar-refractivity contribution in [1.29, 1.82) is 0 Å². The van der Waals surface area contributed by atoms with Crippen molar-refractivity contribution in [3.05, 3.63) is 60.2 Å². The molecule has 0 saturated carbocycles. The second-order valence-corrected chi connectivity index (χ2v) is 7.21. The van der Waals surface area contributed by atoms with Crippen LogP contribution in [0, 0.1) is 6.92 Å². The van der Waals surface area contributed by atoms with E-state index in [1.807, 2.05) is 75.4 Å². The zero-order valence-corrected chi connectivity index (χ0v) is 15.9. The largest absolute Gasteiger partial charge is 0.411 e. The number of thioether (sulfide) groups is 1.